The van der Waals surface area contributed by atoms with Crippen molar-refractivity contribution >= 4 is 11.4 Å². The van der Waals surface area contributed by atoms with Crippen molar-refractivity contribution in [2.75, 3.05) is 11.5 Å². The van der Waals surface area contributed by atoms with Crippen molar-refractivity contribution < 1.29 is 0 Å². The van der Waals surface area contributed by atoms with Crippen molar-refractivity contribution in [1.29, 1.82) is 0 Å². The average molecular weight is 345 g/mol. The summed E-state index contributed by atoms with van der Waals surface area (Å²) in [7, 11) is 0. The molecular weight excluding hydrogens is 316 g/mol. The van der Waals surface area contributed by atoms with Gasteiger partial charge < -0.3 is 11.5 Å². The van der Waals surface area contributed by atoms with E-state index in [1.54, 1.807) is 0 Å². The largest absolute Gasteiger partial charge is 0.399 e. The molecule has 2 heteroatoms. The second-order valence-electron chi connectivity index (χ2n) is 7.31. The highest BCUT2D eigenvalue weighted by atomic mass is 14.5. The van der Waals surface area contributed by atoms with Crippen LogP contribution in [0.2, 0.25) is 0 Å². The van der Waals surface area contributed by atoms with Gasteiger partial charge in [0, 0.05) is 11.4 Å². The highest BCUT2D eigenvalue weighted by molar-refractivity contribution is 5.44. The Bertz CT molecular complexity index is 850. The molecule has 2 aromatic rings. The number of nitrogens with two attached hydrogens (primary N) is 2. The van der Waals surface area contributed by atoms with E-state index in [0.717, 1.165) is 37.1 Å². The predicted molar refractivity (Wildman–Crippen MR) is 113 cm³/mol. The third-order valence-electron chi connectivity index (χ3n) is 5.14. The zero-order valence-electron chi connectivity index (χ0n) is 15.8. The topological polar surface area (TPSA) is 52.0 Å². The van der Waals surface area contributed by atoms with Gasteiger partial charge in [-0.05, 0) is 80.5 Å². The van der Waals surface area contributed by atoms with E-state index in [-0.39, 0.29) is 0 Å². The molecule has 2 aromatic carbocycles. The molecule has 134 valence electrons. The standard InChI is InChI=1S/C24H28N2/c1-17(14-19-6-10-23(25)11-7-19)21-4-3-5-22(16-21)18(2)15-20-8-12-24(26)13-9-20/h3-4,6-13H,5,14-16,25-26H2,1-2H3/b21-17+,22-18-. The lowest BCUT2D eigenvalue weighted by atomic mass is 9.87. The van der Waals surface area contributed by atoms with E-state index in [2.05, 4.69) is 50.3 Å². The van der Waals surface area contributed by atoms with Crippen LogP contribution in [-0.2, 0) is 12.8 Å². The molecule has 0 radical (unpaired) electrons. The summed E-state index contributed by atoms with van der Waals surface area (Å²) in [5, 5.41) is 0. The van der Waals surface area contributed by atoms with Crippen molar-refractivity contribution in [1.82, 2.24) is 0 Å². The first-order valence-corrected chi connectivity index (χ1v) is 9.23. The Morgan fingerprint density at radius 1 is 0.769 bits per heavy atom. The van der Waals surface area contributed by atoms with E-state index in [9.17, 15) is 0 Å². The van der Waals surface area contributed by atoms with Crippen molar-refractivity contribution in [2.24, 2.45) is 0 Å². The molecule has 4 N–H and O–H groups in total. The second-order valence-corrected chi connectivity index (χ2v) is 7.31. The molecule has 0 amide bonds. The van der Waals surface area contributed by atoms with E-state index in [1.165, 1.54) is 33.4 Å². The van der Waals surface area contributed by atoms with Crippen LogP contribution in [0, 0.1) is 0 Å². The van der Waals surface area contributed by atoms with Crippen LogP contribution in [0.15, 0.2) is 83.0 Å². The maximum atomic E-state index is 5.79. The molecule has 0 aliphatic heterocycles. The van der Waals surface area contributed by atoms with E-state index >= 15 is 0 Å². The molecule has 2 nitrogen and oxygen atoms in total. The highest BCUT2D eigenvalue weighted by Crippen LogP contribution is 2.29. The first kappa shape index (κ1) is 18.1. The van der Waals surface area contributed by atoms with E-state index in [4.69, 9.17) is 11.5 Å². The van der Waals surface area contributed by atoms with Crippen LogP contribution in [0.4, 0.5) is 11.4 Å². The van der Waals surface area contributed by atoms with Gasteiger partial charge in [0.1, 0.15) is 0 Å². The second kappa shape index (κ2) is 8.09. The van der Waals surface area contributed by atoms with Crippen LogP contribution in [0.5, 0.6) is 0 Å². The van der Waals surface area contributed by atoms with Gasteiger partial charge in [-0.2, -0.15) is 0 Å². The molecule has 0 saturated carbocycles. The van der Waals surface area contributed by atoms with Crippen LogP contribution in [0.1, 0.15) is 37.8 Å². The van der Waals surface area contributed by atoms with Gasteiger partial charge in [0.05, 0.1) is 0 Å². The Morgan fingerprint density at radius 3 is 1.81 bits per heavy atom. The van der Waals surface area contributed by atoms with Gasteiger partial charge in [-0.3, -0.25) is 0 Å². The zero-order chi connectivity index (χ0) is 18.5. The SMILES string of the molecule is C/C(Cc1ccc(N)cc1)=C1/C=CC/C(=C(\C)Cc2ccc(N)cc2)C1. The minimum atomic E-state index is 0.820. The van der Waals surface area contributed by atoms with Gasteiger partial charge in [0.25, 0.3) is 0 Å². The number of hydrogen-bond donors (Lipinski definition) is 2. The van der Waals surface area contributed by atoms with Gasteiger partial charge in [-0.1, -0.05) is 53.1 Å². The molecule has 0 bridgehead atoms. The summed E-state index contributed by atoms with van der Waals surface area (Å²) in [6.45, 7) is 4.51. The number of hydrogen-bond acceptors (Lipinski definition) is 2. The maximum absolute atomic E-state index is 5.79. The zero-order valence-corrected chi connectivity index (χ0v) is 15.8. The Kier molecular flexibility index (Phi) is 5.62. The number of benzene rings is 2. The summed E-state index contributed by atoms with van der Waals surface area (Å²) in [6.07, 6.45) is 8.68. The van der Waals surface area contributed by atoms with Crippen LogP contribution in [0.25, 0.3) is 0 Å². The molecule has 0 aromatic heterocycles. The fraction of sp³-hybridized carbons (Fsp3) is 0.250. The third kappa shape index (κ3) is 4.66. The Labute approximate surface area is 156 Å². The minimum absolute atomic E-state index is 0.820. The molecule has 0 saturated heterocycles. The number of nitrogen functional groups attached to an aromatic ring is 2. The summed E-state index contributed by atoms with van der Waals surface area (Å²) in [4.78, 5) is 0. The highest BCUT2D eigenvalue weighted by Gasteiger charge is 2.11. The Hall–Kier alpha value is -2.74. The van der Waals surface area contributed by atoms with Gasteiger partial charge in [0.2, 0.25) is 0 Å². The van der Waals surface area contributed by atoms with Gasteiger partial charge in [0.15, 0.2) is 0 Å². The molecule has 26 heavy (non-hydrogen) atoms. The molecule has 0 heterocycles. The van der Waals surface area contributed by atoms with Crippen molar-refractivity contribution in [3.63, 3.8) is 0 Å². The van der Waals surface area contributed by atoms with Crippen molar-refractivity contribution in [2.45, 2.75) is 39.5 Å². The molecule has 1 aliphatic carbocycles. The summed E-state index contributed by atoms with van der Waals surface area (Å²) in [5.41, 5.74) is 21.7. The number of allylic oxidation sites excluding steroid dienone is 6. The van der Waals surface area contributed by atoms with Crippen LogP contribution in [-0.4, -0.2) is 0 Å². The summed E-state index contributed by atoms with van der Waals surface area (Å²) >= 11 is 0. The lowest BCUT2D eigenvalue weighted by Gasteiger charge is -2.19. The number of anilines is 2. The summed E-state index contributed by atoms with van der Waals surface area (Å²) in [6, 6.07) is 16.4. The van der Waals surface area contributed by atoms with Crippen LogP contribution < -0.4 is 11.5 Å². The van der Waals surface area contributed by atoms with Gasteiger partial charge >= 0.3 is 0 Å². The summed E-state index contributed by atoms with van der Waals surface area (Å²) in [5.74, 6) is 0. The molecular formula is C24H28N2. The van der Waals surface area contributed by atoms with Crippen molar-refractivity contribution in [3.8, 4) is 0 Å². The molecule has 0 spiro atoms. The Balaban J connectivity index is 1.74. The lowest BCUT2D eigenvalue weighted by Crippen LogP contribution is -2.01. The number of rotatable bonds is 4. The third-order valence-corrected chi connectivity index (χ3v) is 5.14. The average Bonchev–Trinajstić information content (AvgIpc) is 2.65. The van der Waals surface area contributed by atoms with E-state index < -0.39 is 0 Å². The fourth-order valence-electron chi connectivity index (χ4n) is 3.44. The monoisotopic (exact) mass is 344 g/mol. The predicted octanol–water partition coefficient (Wildman–Crippen LogP) is 5.62. The summed E-state index contributed by atoms with van der Waals surface area (Å²) < 4.78 is 0. The fourth-order valence-corrected chi connectivity index (χ4v) is 3.44. The van der Waals surface area contributed by atoms with E-state index in [1.807, 2.05) is 24.3 Å². The van der Waals surface area contributed by atoms with Crippen molar-refractivity contribution in [3.05, 3.63) is 94.1 Å². The normalized spacial score (nSPS) is 17.9. The first-order chi connectivity index (χ1) is 12.5. The maximum Gasteiger partial charge on any atom is 0.0314 e. The van der Waals surface area contributed by atoms with E-state index in [0.29, 0.717) is 0 Å². The lowest BCUT2D eigenvalue weighted by molar-refractivity contribution is 0.938. The quantitative estimate of drug-likeness (QED) is 0.559. The molecule has 0 unspecified atom stereocenters. The minimum Gasteiger partial charge on any atom is -0.399 e. The van der Waals surface area contributed by atoms with Crippen LogP contribution >= 0.6 is 0 Å². The molecule has 1 aliphatic rings. The van der Waals surface area contributed by atoms with Gasteiger partial charge in [-0.25, -0.2) is 0 Å². The van der Waals surface area contributed by atoms with Gasteiger partial charge in [-0.15, -0.1) is 0 Å². The molecule has 3 rings (SSSR count). The first-order valence-electron chi connectivity index (χ1n) is 9.23. The van der Waals surface area contributed by atoms with Crippen LogP contribution in [0.3, 0.4) is 0 Å². The Morgan fingerprint density at radius 2 is 1.27 bits per heavy atom. The molecule has 0 fully saturated rings. The smallest absolute Gasteiger partial charge is 0.0314 e. The molecule has 0 atom stereocenters.